The summed E-state index contributed by atoms with van der Waals surface area (Å²) < 4.78 is 11.6. The number of ether oxygens (including phenoxy) is 2. The second-order valence-electron chi connectivity index (χ2n) is 8.91. The number of carboxylic acids is 2. The average Bonchev–Trinajstić information content (AvgIpc) is 3.27. The van der Waals surface area contributed by atoms with E-state index >= 15 is 0 Å². The van der Waals surface area contributed by atoms with E-state index in [2.05, 4.69) is 21.2 Å². The molecule has 1 atom stereocenters. The number of nitro groups is 1. The number of nitrogens with one attached hydrogen (secondary N) is 1. The van der Waals surface area contributed by atoms with E-state index in [1.54, 1.807) is 24.3 Å². The van der Waals surface area contributed by atoms with Crippen molar-refractivity contribution in [2.75, 3.05) is 24.7 Å². The van der Waals surface area contributed by atoms with Crippen LogP contribution in [-0.4, -0.2) is 58.9 Å². The minimum Gasteiger partial charge on any atom is -0.480 e. The van der Waals surface area contributed by atoms with Crippen LogP contribution in [0.5, 0.6) is 11.5 Å². The Hall–Kier alpha value is -3.72. The quantitative estimate of drug-likeness (QED) is 0.188. The number of benzene rings is 2. The first kappa shape index (κ1) is 30.2. The standard InChI is InChI=1S/C26H23BrClN3O9S/c27-20-22(39-13-19(32)33)24(26(35)36)41-23(20)15-3-1-6-18(11-15)40-21(14-7-9-29-10-8-14)25(34)30(31(37)38)17-5-2-4-16(28)12-17/h1-6,11-12,14,21,29H,7-10,13H2,(H,32,33)(H,35,36). The molecule has 2 heterocycles. The van der Waals surface area contributed by atoms with Gasteiger partial charge in [-0.15, -0.1) is 11.3 Å². The summed E-state index contributed by atoms with van der Waals surface area (Å²) >= 11 is 10.2. The fourth-order valence-corrected chi connectivity index (χ4v) is 6.44. The maximum Gasteiger partial charge on any atom is 0.349 e. The summed E-state index contributed by atoms with van der Waals surface area (Å²) in [6.45, 7) is 0.469. The fourth-order valence-electron chi connectivity index (χ4n) is 4.37. The van der Waals surface area contributed by atoms with E-state index in [-0.39, 0.29) is 37.5 Å². The first-order valence-electron chi connectivity index (χ1n) is 12.2. The Morgan fingerprint density at radius 1 is 1.17 bits per heavy atom. The molecule has 1 fully saturated rings. The van der Waals surface area contributed by atoms with Crippen molar-refractivity contribution in [1.29, 1.82) is 0 Å². The van der Waals surface area contributed by atoms with Crippen LogP contribution >= 0.6 is 38.9 Å². The van der Waals surface area contributed by atoms with Gasteiger partial charge >= 0.3 is 17.8 Å². The van der Waals surface area contributed by atoms with Gasteiger partial charge in [0.05, 0.1) is 9.35 Å². The highest BCUT2D eigenvalue weighted by molar-refractivity contribution is 9.10. The van der Waals surface area contributed by atoms with Crippen molar-refractivity contribution in [2.45, 2.75) is 18.9 Å². The number of amides is 1. The van der Waals surface area contributed by atoms with Crippen molar-refractivity contribution in [3.05, 3.63) is 73.0 Å². The Balaban J connectivity index is 1.70. The molecular formula is C26H23BrClN3O9S. The van der Waals surface area contributed by atoms with E-state index in [9.17, 15) is 29.6 Å². The lowest BCUT2D eigenvalue weighted by molar-refractivity contribution is -0.484. The summed E-state index contributed by atoms with van der Waals surface area (Å²) in [5.74, 6) is -3.68. The number of carbonyl (C=O) groups excluding carboxylic acids is 1. The number of carboxylic acid groups (broad SMARTS) is 2. The molecule has 0 bridgehead atoms. The number of hydrogen-bond donors (Lipinski definition) is 3. The molecule has 12 nitrogen and oxygen atoms in total. The number of thiophene rings is 1. The summed E-state index contributed by atoms with van der Waals surface area (Å²) in [6.07, 6.45) is -0.132. The number of anilines is 1. The minimum absolute atomic E-state index is 0.0126. The van der Waals surface area contributed by atoms with Gasteiger partial charge in [0.15, 0.2) is 28.4 Å². The van der Waals surface area contributed by atoms with E-state index < -0.39 is 35.6 Å². The normalized spacial score (nSPS) is 14.2. The Labute approximate surface area is 250 Å². The molecule has 2 aromatic carbocycles. The molecule has 1 aliphatic heterocycles. The van der Waals surface area contributed by atoms with Crippen molar-refractivity contribution < 1.29 is 39.1 Å². The van der Waals surface area contributed by atoms with E-state index in [0.29, 0.717) is 41.4 Å². The molecule has 4 rings (SSSR count). The summed E-state index contributed by atoms with van der Waals surface area (Å²) in [5, 5.41) is 33.7. The molecule has 1 unspecified atom stereocenters. The summed E-state index contributed by atoms with van der Waals surface area (Å²) in [5.41, 5.74) is 0.478. The third-order valence-electron chi connectivity index (χ3n) is 6.18. The lowest BCUT2D eigenvalue weighted by Crippen LogP contribution is -2.50. The molecular weight excluding hydrogens is 646 g/mol. The van der Waals surface area contributed by atoms with Gasteiger partial charge in [-0.1, -0.05) is 29.8 Å². The molecule has 0 aliphatic carbocycles. The van der Waals surface area contributed by atoms with Gasteiger partial charge in [0.25, 0.3) is 0 Å². The van der Waals surface area contributed by atoms with Crippen LogP contribution in [0.15, 0.2) is 53.0 Å². The first-order valence-corrected chi connectivity index (χ1v) is 14.2. The van der Waals surface area contributed by atoms with E-state index in [1.807, 2.05) is 0 Å². The highest BCUT2D eigenvalue weighted by atomic mass is 79.9. The average molecular weight is 669 g/mol. The highest BCUT2D eigenvalue weighted by Gasteiger charge is 2.40. The number of hydrogen-bond acceptors (Lipinski definition) is 9. The van der Waals surface area contributed by atoms with Gasteiger partial charge in [-0.05, 0) is 82.8 Å². The van der Waals surface area contributed by atoms with Crippen LogP contribution in [-0.2, 0) is 9.59 Å². The molecule has 0 saturated carbocycles. The topological polar surface area (TPSA) is 169 Å². The largest absolute Gasteiger partial charge is 0.480 e. The zero-order valence-electron chi connectivity index (χ0n) is 21.1. The lowest BCUT2D eigenvalue weighted by Gasteiger charge is -2.31. The third-order valence-corrected chi connectivity index (χ3v) is 8.64. The van der Waals surface area contributed by atoms with Crippen molar-refractivity contribution in [1.82, 2.24) is 5.32 Å². The number of piperidine rings is 1. The van der Waals surface area contributed by atoms with Crippen LogP contribution in [0.1, 0.15) is 22.5 Å². The summed E-state index contributed by atoms with van der Waals surface area (Å²) in [7, 11) is 0. The number of carbonyl (C=O) groups is 3. The van der Waals surface area contributed by atoms with E-state index in [1.165, 1.54) is 24.3 Å². The minimum atomic E-state index is -1.30. The molecule has 1 amide bonds. The van der Waals surface area contributed by atoms with Gasteiger partial charge in [-0.25, -0.2) is 19.7 Å². The maximum absolute atomic E-state index is 13.7. The van der Waals surface area contributed by atoms with Gasteiger partial charge in [0.1, 0.15) is 11.4 Å². The molecule has 3 N–H and O–H groups in total. The highest BCUT2D eigenvalue weighted by Crippen LogP contribution is 2.46. The number of aliphatic carboxylic acids is 1. The molecule has 15 heteroatoms. The van der Waals surface area contributed by atoms with Crippen molar-refractivity contribution in [3.63, 3.8) is 0 Å². The van der Waals surface area contributed by atoms with E-state index in [4.69, 9.17) is 26.2 Å². The zero-order valence-corrected chi connectivity index (χ0v) is 24.3. The lowest BCUT2D eigenvalue weighted by atomic mass is 9.91. The first-order chi connectivity index (χ1) is 19.6. The number of aromatic carboxylic acids is 1. The van der Waals surface area contributed by atoms with Crippen molar-refractivity contribution in [2.24, 2.45) is 5.92 Å². The SMILES string of the molecule is O=C(O)COc1c(C(=O)O)sc(-c2cccc(OC(C(=O)N(c3cccc(Cl)c3)[N+](=O)[O-])C3CCNCC3)c2)c1Br. The predicted octanol–water partition coefficient (Wildman–Crippen LogP) is 4.96. The van der Waals surface area contributed by atoms with Crippen LogP contribution in [0.3, 0.4) is 0 Å². The molecule has 3 aromatic rings. The van der Waals surface area contributed by atoms with Crippen LogP contribution in [0.4, 0.5) is 5.69 Å². The maximum atomic E-state index is 13.7. The number of rotatable bonds is 11. The third kappa shape index (κ3) is 7.14. The second kappa shape index (κ2) is 13.3. The Morgan fingerprint density at radius 3 is 2.51 bits per heavy atom. The van der Waals surface area contributed by atoms with Gasteiger partial charge in [0, 0.05) is 10.9 Å². The van der Waals surface area contributed by atoms with E-state index in [0.717, 1.165) is 11.3 Å². The second-order valence-corrected chi connectivity index (χ2v) is 11.2. The predicted molar refractivity (Wildman–Crippen MR) is 153 cm³/mol. The van der Waals surface area contributed by atoms with Crippen LogP contribution in [0.2, 0.25) is 5.02 Å². The summed E-state index contributed by atoms with van der Waals surface area (Å²) in [6, 6.07) is 12.2. The summed E-state index contributed by atoms with van der Waals surface area (Å²) in [4.78, 5) is 48.8. The van der Waals surface area contributed by atoms with Crippen LogP contribution in [0, 0.1) is 16.0 Å². The number of halogens is 2. The number of hydrazine groups is 1. The van der Waals surface area contributed by atoms with Crippen LogP contribution < -0.4 is 19.8 Å². The van der Waals surface area contributed by atoms with Crippen molar-refractivity contribution in [3.8, 4) is 21.9 Å². The fraction of sp³-hybridized carbons (Fsp3) is 0.269. The Kier molecular flexibility index (Phi) is 9.81. The smallest absolute Gasteiger partial charge is 0.349 e. The number of nitrogens with zero attached hydrogens (tertiary/aromatic N) is 2. The molecule has 41 heavy (non-hydrogen) atoms. The Morgan fingerprint density at radius 2 is 1.88 bits per heavy atom. The molecule has 1 aliphatic rings. The van der Waals surface area contributed by atoms with Gasteiger partial charge in [0.2, 0.25) is 0 Å². The molecule has 0 radical (unpaired) electrons. The monoisotopic (exact) mass is 667 g/mol. The molecule has 1 saturated heterocycles. The zero-order chi connectivity index (χ0) is 29.7. The molecule has 216 valence electrons. The Bertz CT molecular complexity index is 1480. The van der Waals surface area contributed by atoms with Gasteiger partial charge in [-0.3, -0.25) is 4.79 Å². The van der Waals surface area contributed by atoms with Crippen molar-refractivity contribution >= 4 is 62.4 Å². The van der Waals surface area contributed by atoms with Gasteiger partial charge < -0.3 is 25.0 Å². The molecule has 1 aromatic heterocycles. The molecule has 0 spiro atoms. The van der Waals surface area contributed by atoms with Crippen LogP contribution in [0.25, 0.3) is 10.4 Å². The van der Waals surface area contributed by atoms with Gasteiger partial charge in [-0.2, -0.15) is 0 Å².